The molecule has 7 heteroatoms. The van der Waals surface area contributed by atoms with Crippen LogP contribution in [0.25, 0.3) is 16.9 Å². The Labute approximate surface area is 200 Å². The van der Waals surface area contributed by atoms with Crippen molar-refractivity contribution < 1.29 is 4.74 Å². The van der Waals surface area contributed by atoms with E-state index < -0.39 is 0 Å². The molecule has 1 fully saturated rings. The van der Waals surface area contributed by atoms with E-state index in [2.05, 4.69) is 63.8 Å². The number of hydrogen-bond donors (Lipinski definition) is 0. The summed E-state index contributed by atoms with van der Waals surface area (Å²) in [6.45, 7) is 4.03. The van der Waals surface area contributed by atoms with E-state index in [-0.39, 0.29) is 0 Å². The van der Waals surface area contributed by atoms with E-state index in [0.29, 0.717) is 6.04 Å². The number of morpholine rings is 1. The minimum Gasteiger partial charge on any atom is -0.378 e. The minimum atomic E-state index is 0.310. The fourth-order valence-electron chi connectivity index (χ4n) is 5.33. The van der Waals surface area contributed by atoms with Crippen molar-refractivity contribution in [2.75, 3.05) is 38.3 Å². The average molecular weight is 455 g/mol. The number of rotatable bonds is 5. The molecule has 0 spiro atoms. The van der Waals surface area contributed by atoms with Gasteiger partial charge in [0, 0.05) is 43.8 Å². The Morgan fingerprint density at radius 1 is 1.06 bits per heavy atom. The van der Waals surface area contributed by atoms with Crippen molar-refractivity contribution in [2.24, 2.45) is 0 Å². The summed E-state index contributed by atoms with van der Waals surface area (Å²) in [7, 11) is 2.20. The van der Waals surface area contributed by atoms with E-state index in [1.165, 1.54) is 17.7 Å². The molecule has 6 rings (SSSR count). The zero-order chi connectivity index (χ0) is 22.9. The normalized spacial score (nSPS) is 18.4. The molecule has 5 heterocycles. The number of fused-ring (bicyclic) bond motifs is 2. The summed E-state index contributed by atoms with van der Waals surface area (Å²) in [5, 5.41) is 0. The first kappa shape index (κ1) is 21.3. The Hall–Kier alpha value is -3.29. The third-order valence-corrected chi connectivity index (χ3v) is 7.06. The van der Waals surface area contributed by atoms with Crippen LogP contribution >= 0.6 is 0 Å². The highest BCUT2D eigenvalue weighted by molar-refractivity contribution is 5.67. The third-order valence-electron chi connectivity index (χ3n) is 7.06. The molecule has 4 aromatic heterocycles. The zero-order valence-electron chi connectivity index (χ0n) is 19.6. The molecule has 0 unspecified atom stereocenters. The molecule has 1 saturated heterocycles. The van der Waals surface area contributed by atoms with E-state index in [4.69, 9.17) is 19.7 Å². The lowest BCUT2D eigenvalue weighted by Gasteiger charge is -2.32. The highest BCUT2D eigenvalue weighted by atomic mass is 16.5. The molecule has 7 nitrogen and oxygen atoms in total. The predicted octanol–water partition coefficient (Wildman–Crippen LogP) is 4.14. The monoisotopic (exact) mass is 454 g/mol. The van der Waals surface area contributed by atoms with Gasteiger partial charge in [0.15, 0.2) is 0 Å². The lowest BCUT2D eigenvalue weighted by molar-refractivity contribution is 0.122. The van der Waals surface area contributed by atoms with Gasteiger partial charge in [0.2, 0.25) is 0 Å². The van der Waals surface area contributed by atoms with E-state index in [1.807, 2.05) is 18.5 Å². The molecule has 174 valence electrons. The summed E-state index contributed by atoms with van der Waals surface area (Å²) in [5.74, 6) is 1.00. The Balaban J connectivity index is 1.33. The van der Waals surface area contributed by atoms with Gasteiger partial charge in [0.05, 0.1) is 36.3 Å². The van der Waals surface area contributed by atoms with Crippen LogP contribution in [0.4, 0.5) is 5.82 Å². The van der Waals surface area contributed by atoms with Gasteiger partial charge in [-0.15, -0.1) is 0 Å². The summed E-state index contributed by atoms with van der Waals surface area (Å²) >= 11 is 0. The number of anilines is 1. The summed E-state index contributed by atoms with van der Waals surface area (Å²) in [4.78, 5) is 19.3. The maximum atomic E-state index is 5.49. The molecule has 1 aliphatic carbocycles. The highest BCUT2D eigenvalue weighted by Gasteiger charge is 2.27. The zero-order valence-corrected chi connectivity index (χ0v) is 19.6. The summed E-state index contributed by atoms with van der Waals surface area (Å²) in [6, 6.07) is 15.1. The molecule has 0 saturated carbocycles. The van der Waals surface area contributed by atoms with Crippen LogP contribution in [-0.4, -0.2) is 57.6 Å². The molecule has 2 aliphatic rings. The number of nitrogens with zero attached hydrogens (tertiary/aromatic N) is 6. The van der Waals surface area contributed by atoms with Gasteiger partial charge < -0.3 is 9.64 Å². The van der Waals surface area contributed by atoms with Gasteiger partial charge >= 0.3 is 0 Å². The maximum Gasteiger partial charge on any atom is 0.137 e. The third kappa shape index (κ3) is 3.95. The topological polar surface area (TPSA) is 58.8 Å². The first-order valence-corrected chi connectivity index (χ1v) is 12.2. The second-order valence-electron chi connectivity index (χ2n) is 9.21. The molecule has 0 N–H and O–H groups in total. The van der Waals surface area contributed by atoms with E-state index in [0.717, 1.165) is 74.1 Å². The van der Waals surface area contributed by atoms with Crippen molar-refractivity contribution in [3.63, 3.8) is 0 Å². The van der Waals surface area contributed by atoms with Crippen LogP contribution in [0.3, 0.4) is 0 Å². The van der Waals surface area contributed by atoms with Crippen molar-refractivity contribution in [3.05, 3.63) is 78.0 Å². The second kappa shape index (κ2) is 9.16. The Bertz CT molecular complexity index is 1280. The first-order valence-electron chi connectivity index (χ1n) is 12.2. The summed E-state index contributed by atoms with van der Waals surface area (Å²) < 4.78 is 7.67. The van der Waals surface area contributed by atoms with Crippen LogP contribution in [0.1, 0.15) is 35.8 Å². The average Bonchev–Trinajstić information content (AvgIpc) is 3.26. The minimum absolute atomic E-state index is 0.310. The van der Waals surface area contributed by atoms with Gasteiger partial charge in [-0.25, -0.2) is 9.97 Å². The molecule has 1 atom stereocenters. The van der Waals surface area contributed by atoms with Crippen molar-refractivity contribution >= 4 is 11.5 Å². The van der Waals surface area contributed by atoms with Crippen LogP contribution in [0.15, 0.2) is 61.1 Å². The smallest absolute Gasteiger partial charge is 0.137 e. The van der Waals surface area contributed by atoms with Crippen LogP contribution in [0.5, 0.6) is 0 Å². The molecule has 0 aromatic carbocycles. The second-order valence-corrected chi connectivity index (χ2v) is 9.21. The van der Waals surface area contributed by atoms with Gasteiger partial charge in [-0.05, 0) is 62.2 Å². The number of aryl methyl sites for hydroxylation is 1. The molecule has 0 bridgehead atoms. The first-order chi connectivity index (χ1) is 16.8. The van der Waals surface area contributed by atoms with Crippen molar-refractivity contribution in [1.29, 1.82) is 0 Å². The fraction of sp³-hybridized carbons (Fsp3) is 0.370. The molecule has 0 radical (unpaired) electrons. The Morgan fingerprint density at radius 3 is 2.82 bits per heavy atom. The number of aromatic nitrogens is 4. The quantitative estimate of drug-likeness (QED) is 0.452. The van der Waals surface area contributed by atoms with Crippen LogP contribution in [0.2, 0.25) is 0 Å². The Morgan fingerprint density at radius 2 is 1.97 bits per heavy atom. The van der Waals surface area contributed by atoms with E-state index in [1.54, 1.807) is 0 Å². The van der Waals surface area contributed by atoms with Crippen LogP contribution in [0, 0.1) is 0 Å². The molecule has 1 aliphatic heterocycles. The van der Waals surface area contributed by atoms with Gasteiger partial charge in [-0.3, -0.25) is 14.3 Å². The lowest BCUT2D eigenvalue weighted by Crippen LogP contribution is -2.36. The summed E-state index contributed by atoms with van der Waals surface area (Å²) in [5.41, 5.74) is 6.82. The van der Waals surface area contributed by atoms with Gasteiger partial charge in [0.25, 0.3) is 0 Å². The fourth-order valence-corrected chi connectivity index (χ4v) is 5.33. The molecular formula is C27H30N6O. The number of ether oxygens (including phenoxy) is 1. The lowest BCUT2D eigenvalue weighted by atomic mass is 9.91. The molecular weight excluding hydrogens is 424 g/mol. The van der Waals surface area contributed by atoms with Crippen LogP contribution in [-0.2, 0) is 17.7 Å². The van der Waals surface area contributed by atoms with Gasteiger partial charge in [0.1, 0.15) is 11.5 Å². The van der Waals surface area contributed by atoms with E-state index in [9.17, 15) is 0 Å². The van der Waals surface area contributed by atoms with Crippen molar-refractivity contribution in [2.45, 2.75) is 31.8 Å². The van der Waals surface area contributed by atoms with Crippen molar-refractivity contribution in [3.8, 4) is 11.3 Å². The predicted molar refractivity (Wildman–Crippen MR) is 133 cm³/mol. The highest BCUT2D eigenvalue weighted by Crippen LogP contribution is 2.34. The standard InChI is InChI=1S/C27H30N6O/c1-31(23-8-4-6-20-7-5-12-28-26(20)23)19-22-27(33-13-3-2-9-25(33)30-22)21-10-11-24(29-18-21)32-14-16-34-17-15-32/h2-3,5,7,9-13,18,23H,4,6,8,14-17,19H2,1H3/t23-/m0/s1. The number of pyridine rings is 3. The van der Waals surface area contributed by atoms with Gasteiger partial charge in [-0.1, -0.05) is 12.1 Å². The molecule has 4 aromatic rings. The largest absolute Gasteiger partial charge is 0.378 e. The van der Waals surface area contributed by atoms with Gasteiger partial charge in [-0.2, -0.15) is 0 Å². The summed E-state index contributed by atoms with van der Waals surface area (Å²) in [6.07, 6.45) is 9.44. The number of hydrogen-bond acceptors (Lipinski definition) is 6. The molecule has 34 heavy (non-hydrogen) atoms. The van der Waals surface area contributed by atoms with E-state index >= 15 is 0 Å². The van der Waals surface area contributed by atoms with Crippen molar-refractivity contribution in [1.82, 2.24) is 24.3 Å². The van der Waals surface area contributed by atoms with Crippen LogP contribution < -0.4 is 4.90 Å². The Kier molecular flexibility index (Phi) is 5.73. The SMILES string of the molecule is CN(Cc1nc2ccccn2c1-c1ccc(N2CCOCC2)nc1)[C@H]1CCCc2cccnc21. The number of imidazole rings is 1. The maximum absolute atomic E-state index is 5.49. The molecule has 0 amide bonds.